The molecule has 114 valence electrons. The number of carboxylic acid groups (broad SMARTS) is 1. The molecule has 0 radical (unpaired) electrons. The largest absolute Gasteiger partial charge is 0.493 e. The molecule has 1 heterocycles. The van der Waals surface area contributed by atoms with Gasteiger partial charge in [-0.25, -0.2) is 9.18 Å². The molecule has 1 aliphatic rings. The molecule has 7 heteroatoms. The lowest BCUT2D eigenvalue weighted by molar-refractivity contribution is -0.149. The van der Waals surface area contributed by atoms with Crippen LogP contribution in [0.4, 0.5) is 4.39 Å². The summed E-state index contributed by atoms with van der Waals surface area (Å²) < 4.78 is 18.3. The van der Waals surface area contributed by atoms with Crippen molar-refractivity contribution >= 4 is 23.6 Å². The van der Waals surface area contributed by atoms with Crippen LogP contribution in [0.5, 0.6) is 5.75 Å². The van der Waals surface area contributed by atoms with Crippen molar-refractivity contribution in [2.24, 2.45) is 0 Å². The lowest BCUT2D eigenvalue weighted by Crippen LogP contribution is -2.45. The van der Waals surface area contributed by atoms with Crippen LogP contribution in [0.2, 0.25) is 0 Å². The highest BCUT2D eigenvalue weighted by Crippen LogP contribution is 2.29. The molecule has 0 spiro atoms. The van der Waals surface area contributed by atoms with Crippen molar-refractivity contribution in [3.63, 3.8) is 0 Å². The van der Waals surface area contributed by atoms with Gasteiger partial charge in [0.15, 0.2) is 0 Å². The van der Waals surface area contributed by atoms with Gasteiger partial charge in [0.25, 0.3) is 0 Å². The van der Waals surface area contributed by atoms with Crippen LogP contribution in [0.1, 0.15) is 13.3 Å². The molecule has 21 heavy (non-hydrogen) atoms. The number of halogens is 1. The Kier molecular flexibility index (Phi) is 5.06. The van der Waals surface area contributed by atoms with Gasteiger partial charge in [0.2, 0.25) is 5.91 Å². The van der Waals surface area contributed by atoms with Crippen LogP contribution < -0.4 is 4.74 Å². The molecule has 2 rings (SSSR count). The van der Waals surface area contributed by atoms with Crippen molar-refractivity contribution < 1.29 is 23.8 Å². The second kappa shape index (κ2) is 6.80. The highest BCUT2D eigenvalue weighted by atomic mass is 32.2. The molecule has 1 N–H and O–H groups in total. The first kappa shape index (κ1) is 15.6. The summed E-state index contributed by atoms with van der Waals surface area (Å²) in [6.45, 7) is 1.89. The number of rotatable bonds is 5. The van der Waals surface area contributed by atoms with Crippen molar-refractivity contribution in [2.75, 3.05) is 12.4 Å². The smallest absolute Gasteiger partial charge is 0.327 e. The number of carbonyl (C=O) groups excluding carboxylic acids is 1. The van der Waals surface area contributed by atoms with E-state index in [2.05, 4.69) is 0 Å². The van der Waals surface area contributed by atoms with E-state index in [0.717, 1.165) is 0 Å². The van der Waals surface area contributed by atoms with Crippen LogP contribution in [-0.4, -0.2) is 45.7 Å². The first-order chi connectivity index (χ1) is 9.99. The number of amides is 1. The third-order valence-corrected chi connectivity index (χ3v) is 4.39. The number of ether oxygens (including phenoxy) is 1. The zero-order valence-electron chi connectivity index (χ0n) is 11.5. The summed E-state index contributed by atoms with van der Waals surface area (Å²) in [4.78, 5) is 24.6. The van der Waals surface area contributed by atoms with E-state index in [-0.39, 0.29) is 24.3 Å². The van der Waals surface area contributed by atoms with E-state index in [1.807, 2.05) is 0 Å². The Balaban J connectivity index is 1.88. The molecule has 1 saturated heterocycles. The van der Waals surface area contributed by atoms with Gasteiger partial charge in [0.1, 0.15) is 17.6 Å². The number of nitrogens with zero attached hydrogens (tertiary/aromatic N) is 1. The first-order valence-corrected chi connectivity index (χ1v) is 7.58. The van der Waals surface area contributed by atoms with Gasteiger partial charge in [-0.1, -0.05) is 6.07 Å². The van der Waals surface area contributed by atoms with Gasteiger partial charge < -0.3 is 14.7 Å². The van der Waals surface area contributed by atoms with Crippen LogP contribution in [-0.2, 0) is 9.59 Å². The summed E-state index contributed by atoms with van der Waals surface area (Å²) in [5.41, 5.74) is 0. The Morgan fingerprint density at radius 3 is 2.95 bits per heavy atom. The molecule has 1 amide bonds. The molecule has 0 aliphatic carbocycles. The Bertz CT molecular complexity index is 539. The van der Waals surface area contributed by atoms with Gasteiger partial charge in [0, 0.05) is 11.8 Å². The predicted octanol–water partition coefficient (Wildman–Crippen LogP) is 1.97. The third-order valence-electron chi connectivity index (χ3n) is 3.18. The van der Waals surface area contributed by atoms with E-state index >= 15 is 0 Å². The average Bonchev–Trinajstić information content (AvgIpc) is 2.81. The Morgan fingerprint density at radius 1 is 1.52 bits per heavy atom. The molecule has 0 saturated carbocycles. The van der Waals surface area contributed by atoms with Crippen molar-refractivity contribution in [2.45, 2.75) is 24.8 Å². The number of benzene rings is 1. The van der Waals surface area contributed by atoms with Crippen LogP contribution in [0.15, 0.2) is 24.3 Å². The van der Waals surface area contributed by atoms with E-state index in [4.69, 9.17) is 9.84 Å². The normalized spacial score (nSPS) is 21.3. The minimum Gasteiger partial charge on any atom is -0.493 e. The summed E-state index contributed by atoms with van der Waals surface area (Å²) in [5.74, 6) is -0.925. The van der Waals surface area contributed by atoms with E-state index in [0.29, 0.717) is 11.5 Å². The summed E-state index contributed by atoms with van der Waals surface area (Å²) >= 11 is 1.44. The topological polar surface area (TPSA) is 66.8 Å². The van der Waals surface area contributed by atoms with E-state index in [9.17, 15) is 14.0 Å². The van der Waals surface area contributed by atoms with Gasteiger partial charge in [-0.3, -0.25) is 4.79 Å². The number of aliphatic carboxylic acids is 1. The molecule has 0 aromatic heterocycles. The van der Waals surface area contributed by atoms with Gasteiger partial charge in [-0.05, 0) is 19.1 Å². The average molecular weight is 313 g/mol. The molecule has 1 aromatic carbocycles. The zero-order valence-corrected chi connectivity index (χ0v) is 12.3. The molecule has 1 aromatic rings. The van der Waals surface area contributed by atoms with Crippen molar-refractivity contribution in [1.29, 1.82) is 0 Å². The van der Waals surface area contributed by atoms with Crippen LogP contribution in [0.3, 0.4) is 0 Å². The maximum absolute atomic E-state index is 13.0. The lowest BCUT2D eigenvalue weighted by atomic mass is 10.2. The second-order valence-electron chi connectivity index (χ2n) is 4.64. The Hall–Kier alpha value is -1.76. The first-order valence-electron chi connectivity index (χ1n) is 6.53. The fraction of sp³-hybridized carbons (Fsp3) is 0.429. The summed E-state index contributed by atoms with van der Waals surface area (Å²) in [6, 6.07) is 4.87. The summed E-state index contributed by atoms with van der Waals surface area (Å²) in [5, 5.41) is 8.94. The SMILES string of the molecule is CC1SCC(C(=O)O)N1C(=O)CCOc1cccc(F)c1. The van der Waals surface area contributed by atoms with Crippen molar-refractivity contribution in [3.05, 3.63) is 30.1 Å². The molecule has 0 bridgehead atoms. The second-order valence-corrected chi connectivity index (χ2v) is 5.99. The van der Waals surface area contributed by atoms with E-state index in [1.165, 1.54) is 34.9 Å². The molecule has 1 fully saturated rings. The summed E-state index contributed by atoms with van der Waals surface area (Å²) in [6.07, 6.45) is 0.0607. The fourth-order valence-electron chi connectivity index (χ4n) is 2.15. The van der Waals surface area contributed by atoms with Gasteiger partial charge in [-0.15, -0.1) is 11.8 Å². The zero-order chi connectivity index (χ0) is 15.4. The minimum atomic E-state index is -0.994. The third kappa shape index (κ3) is 3.87. The molecule has 2 unspecified atom stereocenters. The summed E-state index contributed by atoms with van der Waals surface area (Å²) in [7, 11) is 0. The van der Waals surface area contributed by atoms with Gasteiger partial charge in [-0.2, -0.15) is 0 Å². The maximum Gasteiger partial charge on any atom is 0.327 e. The number of hydrogen-bond acceptors (Lipinski definition) is 4. The minimum absolute atomic E-state index is 0.0607. The molecule has 5 nitrogen and oxygen atoms in total. The van der Waals surface area contributed by atoms with Crippen molar-refractivity contribution in [1.82, 2.24) is 4.90 Å². The molecular weight excluding hydrogens is 297 g/mol. The Labute approximate surface area is 126 Å². The highest BCUT2D eigenvalue weighted by Gasteiger charge is 2.38. The molecular formula is C14H16FNO4S. The number of thioether (sulfide) groups is 1. The molecule has 2 atom stereocenters. The van der Waals surface area contributed by atoms with Gasteiger partial charge in [0.05, 0.1) is 18.4 Å². The van der Waals surface area contributed by atoms with Crippen LogP contribution in [0, 0.1) is 5.82 Å². The number of carbonyl (C=O) groups is 2. The number of carboxylic acids is 1. The van der Waals surface area contributed by atoms with Crippen LogP contribution >= 0.6 is 11.8 Å². The van der Waals surface area contributed by atoms with E-state index in [1.54, 1.807) is 13.0 Å². The highest BCUT2D eigenvalue weighted by molar-refractivity contribution is 8.00. The van der Waals surface area contributed by atoms with Crippen LogP contribution in [0.25, 0.3) is 0 Å². The predicted molar refractivity (Wildman–Crippen MR) is 76.7 cm³/mol. The monoisotopic (exact) mass is 313 g/mol. The Morgan fingerprint density at radius 2 is 2.29 bits per heavy atom. The standard InChI is InChI=1S/C14H16FNO4S/c1-9-16(12(8-21-9)14(18)19)13(17)5-6-20-11-4-2-3-10(15)7-11/h2-4,7,9,12H,5-6,8H2,1H3,(H,18,19). The molecule has 1 aliphatic heterocycles. The van der Waals surface area contributed by atoms with Crippen molar-refractivity contribution in [3.8, 4) is 5.75 Å². The fourth-order valence-corrected chi connectivity index (χ4v) is 3.34. The number of hydrogen-bond donors (Lipinski definition) is 1. The van der Waals surface area contributed by atoms with Gasteiger partial charge >= 0.3 is 5.97 Å². The van der Waals surface area contributed by atoms with E-state index < -0.39 is 17.8 Å². The lowest BCUT2D eigenvalue weighted by Gasteiger charge is -2.25. The quantitative estimate of drug-likeness (QED) is 0.900. The maximum atomic E-state index is 13.0.